The molecule has 1 aliphatic rings. The molecule has 0 spiro atoms. The van der Waals surface area contributed by atoms with Gasteiger partial charge in [-0.15, -0.1) is 23.5 Å². The molecule has 1 aliphatic carbocycles. The summed E-state index contributed by atoms with van der Waals surface area (Å²) in [6.45, 7) is 4.31. The number of thioether (sulfide) groups is 2. The fourth-order valence-corrected chi connectivity index (χ4v) is 6.83. The van der Waals surface area contributed by atoms with Crippen LogP contribution in [0.1, 0.15) is 35.4 Å². The lowest BCUT2D eigenvalue weighted by atomic mass is 9.78. The van der Waals surface area contributed by atoms with Gasteiger partial charge in [-0.25, -0.2) is 0 Å². The van der Waals surface area contributed by atoms with Gasteiger partial charge in [0.05, 0.1) is 4.08 Å². The molecule has 1 saturated carbocycles. The van der Waals surface area contributed by atoms with Gasteiger partial charge < -0.3 is 0 Å². The van der Waals surface area contributed by atoms with Crippen molar-refractivity contribution in [3.8, 4) is 0 Å². The fourth-order valence-electron chi connectivity index (χ4n) is 3.51. The third kappa shape index (κ3) is 3.72. The lowest BCUT2D eigenvalue weighted by Gasteiger charge is -2.49. The van der Waals surface area contributed by atoms with E-state index in [4.69, 9.17) is 0 Å². The minimum absolute atomic E-state index is 0.172. The smallest absolute Gasteiger partial charge is 0.0773 e. The summed E-state index contributed by atoms with van der Waals surface area (Å²) >= 11 is 4.10. The van der Waals surface area contributed by atoms with E-state index in [-0.39, 0.29) is 4.08 Å². The Morgan fingerprint density at radius 2 is 1.19 bits per heavy atom. The highest BCUT2D eigenvalue weighted by Crippen LogP contribution is 2.64. The van der Waals surface area contributed by atoms with Crippen molar-refractivity contribution < 1.29 is 0 Å². The molecule has 3 aromatic carbocycles. The highest BCUT2D eigenvalue weighted by Gasteiger charge is 2.49. The molecule has 1 fully saturated rings. The first-order valence-electron chi connectivity index (χ1n) is 9.21. The highest BCUT2D eigenvalue weighted by atomic mass is 32.2. The summed E-state index contributed by atoms with van der Waals surface area (Å²) in [5.41, 5.74) is 4.11. The Morgan fingerprint density at radius 1 is 0.692 bits per heavy atom. The van der Waals surface area contributed by atoms with Gasteiger partial charge in [-0.2, -0.15) is 0 Å². The third-order valence-corrected chi connectivity index (χ3v) is 8.32. The van der Waals surface area contributed by atoms with E-state index in [1.807, 2.05) is 0 Å². The summed E-state index contributed by atoms with van der Waals surface area (Å²) in [7, 11) is 0. The number of rotatable bonds is 5. The fraction of sp³-hybridized carbons (Fsp3) is 0.250. The van der Waals surface area contributed by atoms with Gasteiger partial charge in [0, 0.05) is 15.7 Å². The van der Waals surface area contributed by atoms with Crippen molar-refractivity contribution in [3.05, 3.63) is 95.6 Å². The van der Waals surface area contributed by atoms with Crippen molar-refractivity contribution in [1.82, 2.24) is 0 Å². The molecule has 0 amide bonds. The molecule has 26 heavy (non-hydrogen) atoms. The van der Waals surface area contributed by atoms with Crippen LogP contribution in [-0.4, -0.2) is 4.08 Å². The number of hydrogen-bond donors (Lipinski definition) is 0. The van der Waals surface area contributed by atoms with Crippen molar-refractivity contribution in [3.63, 3.8) is 0 Å². The van der Waals surface area contributed by atoms with Gasteiger partial charge in [-0.1, -0.05) is 65.7 Å². The van der Waals surface area contributed by atoms with E-state index in [1.54, 1.807) is 0 Å². The van der Waals surface area contributed by atoms with Crippen LogP contribution in [0.4, 0.5) is 0 Å². The number of aryl methyl sites for hydroxylation is 2. The highest BCUT2D eigenvalue weighted by molar-refractivity contribution is 8.18. The molecule has 2 heteroatoms. The van der Waals surface area contributed by atoms with E-state index in [0.29, 0.717) is 5.92 Å². The van der Waals surface area contributed by atoms with Gasteiger partial charge in [0.2, 0.25) is 0 Å². The van der Waals surface area contributed by atoms with E-state index in [0.717, 1.165) is 0 Å². The van der Waals surface area contributed by atoms with Crippen molar-refractivity contribution in [1.29, 1.82) is 0 Å². The Bertz CT molecular complexity index is 803. The second kappa shape index (κ2) is 7.54. The molecule has 0 saturated heterocycles. The topological polar surface area (TPSA) is 0 Å². The summed E-state index contributed by atoms with van der Waals surface area (Å²) in [6, 6.07) is 29.1. The van der Waals surface area contributed by atoms with Crippen molar-refractivity contribution in [2.24, 2.45) is 0 Å². The second-order valence-corrected chi connectivity index (χ2v) is 10.2. The Balaban J connectivity index is 1.66. The summed E-state index contributed by atoms with van der Waals surface area (Å²) in [5.74, 6) is 0.585. The normalized spacial score (nSPS) is 18.3. The van der Waals surface area contributed by atoms with Crippen LogP contribution in [0, 0.1) is 13.8 Å². The minimum atomic E-state index is 0.172. The van der Waals surface area contributed by atoms with Crippen LogP contribution in [0.25, 0.3) is 0 Å². The van der Waals surface area contributed by atoms with Crippen molar-refractivity contribution >= 4 is 23.5 Å². The van der Waals surface area contributed by atoms with Gasteiger partial charge in [0.1, 0.15) is 0 Å². The average Bonchev–Trinajstić information content (AvgIpc) is 2.65. The van der Waals surface area contributed by atoms with E-state index in [1.165, 1.54) is 39.3 Å². The predicted octanol–water partition coefficient (Wildman–Crippen LogP) is 7.46. The molecule has 0 N–H and O–H groups in total. The zero-order valence-corrected chi connectivity index (χ0v) is 16.9. The van der Waals surface area contributed by atoms with Gasteiger partial charge >= 0.3 is 0 Å². The third-order valence-electron chi connectivity index (χ3n) is 5.14. The lowest BCUT2D eigenvalue weighted by molar-refractivity contribution is 0.403. The van der Waals surface area contributed by atoms with Crippen molar-refractivity contribution in [2.75, 3.05) is 0 Å². The van der Waals surface area contributed by atoms with E-state index >= 15 is 0 Å². The summed E-state index contributed by atoms with van der Waals surface area (Å²) in [5, 5.41) is 0. The molecule has 0 heterocycles. The standard InChI is InChI=1S/C24H24S2/c1-18-8-12-21(13-9-18)25-24(26-22-14-10-19(2)11-15-22)17-16-23(24)20-6-4-3-5-7-20/h3-15,23H,16-17H2,1-2H3. The molecule has 0 radical (unpaired) electrons. The lowest BCUT2D eigenvalue weighted by Crippen LogP contribution is -2.39. The van der Waals surface area contributed by atoms with Crippen LogP contribution in [0.2, 0.25) is 0 Å². The van der Waals surface area contributed by atoms with Gasteiger partial charge in [0.15, 0.2) is 0 Å². The van der Waals surface area contributed by atoms with Crippen molar-refractivity contribution in [2.45, 2.75) is 46.5 Å². The largest absolute Gasteiger partial charge is 0.107 e. The zero-order valence-electron chi connectivity index (χ0n) is 15.3. The molecule has 4 rings (SSSR count). The van der Waals surface area contributed by atoms with Gasteiger partial charge in [0.25, 0.3) is 0 Å². The summed E-state index contributed by atoms with van der Waals surface area (Å²) < 4.78 is 0.172. The monoisotopic (exact) mass is 376 g/mol. The number of hydrogen-bond acceptors (Lipinski definition) is 2. The van der Waals surface area contributed by atoms with E-state index in [2.05, 4.69) is 116 Å². The maximum atomic E-state index is 2.30. The quantitative estimate of drug-likeness (QED) is 0.424. The van der Waals surface area contributed by atoms with Crippen LogP contribution >= 0.6 is 23.5 Å². The Kier molecular flexibility index (Phi) is 5.15. The first-order valence-corrected chi connectivity index (χ1v) is 10.8. The van der Waals surface area contributed by atoms with E-state index in [9.17, 15) is 0 Å². The molecular formula is C24H24S2. The van der Waals surface area contributed by atoms with Gasteiger partial charge in [-0.3, -0.25) is 0 Å². The molecular weight excluding hydrogens is 352 g/mol. The van der Waals surface area contributed by atoms with Crippen LogP contribution in [-0.2, 0) is 0 Å². The SMILES string of the molecule is Cc1ccc(SC2(Sc3ccc(C)cc3)CCC2c2ccccc2)cc1. The summed E-state index contributed by atoms with van der Waals surface area (Å²) in [4.78, 5) is 2.74. The molecule has 3 aromatic rings. The Morgan fingerprint density at radius 3 is 1.62 bits per heavy atom. The molecule has 0 aliphatic heterocycles. The van der Waals surface area contributed by atoms with Crippen LogP contribution < -0.4 is 0 Å². The minimum Gasteiger partial charge on any atom is -0.107 e. The molecule has 0 nitrogen and oxygen atoms in total. The molecule has 0 bridgehead atoms. The molecule has 132 valence electrons. The molecule has 1 atom stereocenters. The average molecular weight is 377 g/mol. The maximum Gasteiger partial charge on any atom is 0.0773 e. The first kappa shape index (κ1) is 17.8. The zero-order chi connectivity index (χ0) is 18.0. The van der Waals surface area contributed by atoms with E-state index < -0.39 is 0 Å². The summed E-state index contributed by atoms with van der Waals surface area (Å²) in [6.07, 6.45) is 2.51. The van der Waals surface area contributed by atoms with Gasteiger partial charge in [-0.05, 0) is 56.5 Å². The van der Waals surface area contributed by atoms with Crippen LogP contribution in [0.15, 0.2) is 88.7 Å². The van der Waals surface area contributed by atoms with Crippen LogP contribution in [0.5, 0.6) is 0 Å². The predicted molar refractivity (Wildman–Crippen MR) is 115 cm³/mol. The Labute approximate surface area is 165 Å². The maximum absolute atomic E-state index is 2.30. The molecule has 1 unspecified atom stereocenters. The molecule has 0 aromatic heterocycles. The Hall–Kier alpha value is -1.64. The first-order chi connectivity index (χ1) is 12.6. The second-order valence-electron chi connectivity index (χ2n) is 7.14. The van der Waals surface area contributed by atoms with Crippen LogP contribution in [0.3, 0.4) is 0 Å². The number of benzene rings is 3.